The van der Waals surface area contributed by atoms with Gasteiger partial charge in [-0.25, -0.2) is 0 Å². The van der Waals surface area contributed by atoms with E-state index in [9.17, 15) is 0 Å². The van der Waals surface area contributed by atoms with E-state index in [0.29, 0.717) is 0 Å². The molecule has 0 N–H and O–H groups in total. The third kappa shape index (κ3) is 3.16. The van der Waals surface area contributed by atoms with Gasteiger partial charge in [0.1, 0.15) is 0 Å². The van der Waals surface area contributed by atoms with Crippen molar-refractivity contribution in [3.05, 3.63) is 152 Å². The number of benzene rings is 7. The van der Waals surface area contributed by atoms with E-state index in [1.54, 1.807) is 0 Å². The molecule has 7 aromatic carbocycles. The highest BCUT2D eigenvalue weighted by Gasteiger charge is 2.42. The Bertz CT molecular complexity index is 2720. The summed E-state index contributed by atoms with van der Waals surface area (Å²) in [6.45, 7) is 0.0964. The largest absolute Gasteiger partial charge is 0.376 e. The second-order valence-corrected chi connectivity index (χ2v) is 13.6. The minimum absolute atomic E-state index is 0.0964. The second kappa shape index (κ2) is 9.00. The number of para-hydroxylation sites is 4. The van der Waals surface area contributed by atoms with E-state index in [4.69, 9.17) is 0 Å². The number of nitrogens with zero attached hydrogens (tertiary/aromatic N) is 2. The van der Waals surface area contributed by atoms with Crippen LogP contribution in [0, 0.1) is 0 Å². The Hall–Kier alpha value is -5.58. The number of hydrogen-bond acceptors (Lipinski definition) is 2. The summed E-state index contributed by atoms with van der Waals surface area (Å²) in [7, 11) is 0. The first kappa shape index (κ1) is 24.7. The summed E-state index contributed by atoms with van der Waals surface area (Å²) in [5.41, 5.74) is 14.2. The van der Waals surface area contributed by atoms with Crippen molar-refractivity contribution in [2.45, 2.75) is 0 Å². The van der Waals surface area contributed by atoms with Gasteiger partial charge in [0.15, 0.2) is 0 Å². The van der Waals surface area contributed by atoms with Crippen LogP contribution >= 0.6 is 11.3 Å². The van der Waals surface area contributed by atoms with E-state index in [0.717, 1.165) is 0 Å². The van der Waals surface area contributed by atoms with Crippen molar-refractivity contribution in [1.29, 1.82) is 0 Å². The second-order valence-electron chi connectivity index (χ2n) is 12.5. The molecule has 11 rings (SSSR count). The predicted octanol–water partition coefficient (Wildman–Crippen LogP) is 10.1. The molecule has 0 spiro atoms. The molecule has 0 bridgehead atoms. The highest BCUT2D eigenvalue weighted by atomic mass is 32.1. The molecule has 0 fully saturated rings. The van der Waals surface area contributed by atoms with E-state index in [1.807, 2.05) is 11.3 Å². The van der Waals surface area contributed by atoms with Gasteiger partial charge in [0.2, 0.25) is 0 Å². The highest BCUT2D eigenvalue weighted by Crippen LogP contribution is 2.48. The lowest BCUT2D eigenvalue weighted by Gasteiger charge is -2.43. The average molecular weight is 601 g/mol. The molecule has 0 atom stereocenters. The summed E-state index contributed by atoms with van der Waals surface area (Å²) in [6.07, 6.45) is 0. The zero-order valence-electron chi connectivity index (χ0n) is 24.8. The smallest absolute Gasteiger partial charge is 0.329 e. The molecular formula is C42H25BN2S. The van der Waals surface area contributed by atoms with E-state index in [1.165, 1.54) is 92.2 Å². The van der Waals surface area contributed by atoms with Crippen molar-refractivity contribution in [2.24, 2.45) is 0 Å². The van der Waals surface area contributed by atoms with E-state index < -0.39 is 0 Å². The zero-order valence-corrected chi connectivity index (χ0v) is 25.6. The first-order valence-corrected chi connectivity index (χ1v) is 16.7. The predicted molar refractivity (Wildman–Crippen MR) is 198 cm³/mol. The van der Waals surface area contributed by atoms with Gasteiger partial charge in [-0.3, -0.25) is 0 Å². The lowest BCUT2D eigenvalue weighted by atomic mass is 9.43. The molecule has 2 aliphatic heterocycles. The van der Waals surface area contributed by atoms with Crippen LogP contribution < -0.4 is 15.7 Å². The molecular weight excluding hydrogens is 575 g/mol. The van der Waals surface area contributed by atoms with Gasteiger partial charge in [-0.1, -0.05) is 103 Å². The SMILES string of the molecule is c1ccc(-n2c3ccccc3c3cc4c(cc32)sc2cc3c(cc24)B2c4ccccc4-c4ccccc4N2c2ccccc2-3)cc1. The van der Waals surface area contributed by atoms with Crippen LogP contribution in [0.4, 0.5) is 11.4 Å². The van der Waals surface area contributed by atoms with Gasteiger partial charge in [-0.15, -0.1) is 11.3 Å². The van der Waals surface area contributed by atoms with E-state index in [2.05, 4.69) is 161 Å². The molecule has 0 aliphatic carbocycles. The van der Waals surface area contributed by atoms with Crippen LogP contribution in [0.3, 0.4) is 0 Å². The molecule has 2 nitrogen and oxygen atoms in total. The summed E-state index contributed by atoms with van der Waals surface area (Å²) in [5, 5.41) is 5.26. The van der Waals surface area contributed by atoms with Gasteiger partial charge in [0, 0.05) is 53.7 Å². The maximum Gasteiger partial charge on any atom is 0.329 e. The van der Waals surface area contributed by atoms with Crippen LogP contribution in [0.15, 0.2) is 152 Å². The fourth-order valence-electron chi connectivity index (χ4n) is 8.27. The molecule has 0 amide bonds. The zero-order chi connectivity index (χ0) is 29.9. The Morgan fingerprint density at radius 1 is 0.413 bits per heavy atom. The maximum absolute atomic E-state index is 2.58. The number of hydrogen-bond donors (Lipinski definition) is 0. The topological polar surface area (TPSA) is 8.17 Å². The molecule has 2 aliphatic rings. The first-order valence-electron chi connectivity index (χ1n) is 15.9. The molecule has 4 heterocycles. The number of anilines is 2. The van der Waals surface area contributed by atoms with Gasteiger partial charge in [-0.05, 0) is 76.0 Å². The molecule has 0 radical (unpaired) electrons. The maximum atomic E-state index is 2.58. The molecule has 4 heteroatoms. The number of rotatable bonds is 1. The van der Waals surface area contributed by atoms with Crippen molar-refractivity contribution < 1.29 is 0 Å². The Kier molecular flexibility index (Phi) is 4.83. The molecule has 9 aromatic rings. The number of fused-ring (bicyclic) bond motifs is 17. The normalized spacial score (nSPS) is 13.1. The molecule has 212 valence electrons. The minimum atomic E-state index is 0.0964. The number of aromatic nitrogens is 1. The lowest BCUT2D eigenvalue weighted by Crippen LogP contribution is -2.59. The Morgan fingerprint density at radius 3 is 1.87 bits per heavy atom. The standard InChI is InChI=1S/C42H25BN2S/c1-2-12-26(13-3-1)44-37-19-9-5-17-30(37)32-22-33-34-23-36-31(24-41(34)46-42(33)25-40(32)44)29-16-7-11-21-39(29)45-38-20-10-6-15-28(38)27-14-4-8-18-35(27)43(36)45/h1-25H. The summed E-state index contributed by atoms with van der Waals surface area (Å²) >= 11 is 1.91. The summed E-state index contributed by atoms with van der Waals surface area (Å²) in [5.74, 6) is 0. The monoisotopic (exact) mass is 600 g/mol. The van der Waals surface area contributed by atoms with Gasteiger partial charge >= 0.3 is 6.85 Å². The average Bonchev–Trinajstić information content (AvgIpc) is 3.64. The fourth-order valence-corrected chi connectivity index (χ4v) is 9.41. The van der Waals surface area contributed by atoms with Crippen LogP contribution in [0.5, 0.6) is 0 Å². The lowest BCUT2D eigenvalue weighted by molar-refractivity contribution is 1.18. The van der Waals surface area contributed by atoms with Crippen LogP contribution in [-0.4, -0.2) is 11.4 Å². The van der Waals surface area contributed by atoms with Crippen molar-refractivity contribution in [3.8, 4) is 27.9 Å². The Balaban J connectivity index is 1.23. The first-order chi connectivity index (χ1) is 22.8. The van der Waals surface area contributed by atoms with Crippen LogP contribution in [0.25, 0.3) is 69.9 Å². The molecule has 0 saturated carbocycles. The van der Waals surface area contributed by atoms with Crippen molar-refractivity contribution in [2.75, 3.05) is 4.81 Å². The van der Waals surface area contributed by atoms with Crippen molar-refractivity contribution >= 4 is 82.5 Å². The highest BCUT2D eigenvalue weighted by molar-refractivity contribution is 7.26. The molecule has 0 saturated heterocycles. The Morgan fingerprint density at radius 2 is 1.04 bits per heavy atom. The summed E-state index contributed by atoms with van der Waals surface area (Å²) in [6, 6.07) is 56.3. The van der Waals surface area contributed by atoms with Gasteiger partial charge in [0.05, 0.1) is 11.0 Å². The summed E-state index contributed by atoms with van der Waals surface area (Å²) < 4.78 is 5.08. The summed E-state index contributed by atoms with van der Waals surface area (Å²) in [4.78, 5) is 2.58. The number of thiophene rings is 1. The third-order valence-electron chi connectivity index (χ3n) is 10.2. The third-order valence-corrected chi connectivity index (χ3v) is 11.3. The quantitative estimate of drug-likeness (QED) is 0.170. The minimum Gasteiger partial charge on any atom is -0.376 e. The van der Waals surface area contributed by atoms with Crippen LogP contribution in [-0.2, 0) is 0 Å². The molecule has 46 heavy (non-hydrogen) atoms. The fraction of sp³-hybridized carbons (Fsp3) is 0. The van der Waals surface area contributed by atoms with Crippen LogP contribution in [0.2, 0.25) is 0 Å². The van der Waals surface area contributed by atoms with Crippen LogP contribution in [0.1, 0.15) is 0 Å². The van der Waals surface area contributed by atoms with Gasteiger partial charge < -0.3 is 9.38 Å². The van der Waals surface area contributed by atoms with Crippen molar-refractivity contribution in [3.63, 3.8) is 0 Å². The van der Waals surface area contributed by atoms with Gasteiger partial charge in [0.25, 0.3) is 0 Å². The molecule has 2 aromatic heterocycles. The van der Waals surface area contributed by atoms with E-state index in [-0.39, 0.29) is 6.85 Å². The Labute approximate surface area is 270 Å². The van der Waals surface area contributed by atoms with Crippen molar-refractivity contribution in [1.82, 2.24) is 4.57 Å². The molecule has 0 unspecified atom stereocenters. The van der Waals surface area contributed by atoms with E-state index >= 15 is 0 Å². The van der Waals surface area contributed by atoms with Gasteiger partial charge in [-0.2, -0.15) is 0 Å².